The Morgan fingerprint density at radius 2 is 0.630 bits per heavy atom. The molecule has 2 aliphatic rings. The summed E-state index contributed by atoms with van der Waals surface area (Å²) in [5.41, 5.74) is 22.0. The Labute approximate surface area is 427 Å². The first-order chi connectivity index (χ1) is 36.2. The monoisotopic (exact) mass is 927 g/mol. The van der Waals surface area contributed by atoms with Crippen LogP contribution >= 0.6 is 0 Å². The molecule has 1 heteroatoms. The van der Waals surface area contributed by atoms with E-state index in [2.05, 4.69) is 302 Å². The van der Waals surface area contributed by atoms with Crippen LogP contribution in [-0.4, -0.2) is 0 Å². The molecule has 0 N–H and O–H groups in total. The summed E-state index contributed by atoms with van der Waals surface area (Å²) in [5, 5.41) is 2.44. The molecule has 0 bridgehead atoms. The van der Waals surface area contributed by atoms with Gasteiger partial charge in [-0.15, -0.1) is 0 Å². The Balaban J connectivity index is 1.07. The van der Waals surface area contributed by atoms with Gasteiger partial charge in [0.05, 0.1) is 16.5 Å². The van der Waals surface area contributed by atoms with Crippen LogP contribution < -0.4 is 4.90 Å². The van der Waals surface area contributed by atoms with Gasteiger partial charge in [0.1, 0.15) is 0 Å². The average Bonchev–Trinajstić information content (AvgIpc) is 3.95. The van der Waals surface area contributed by atoms with Crippen molar-refractivity contribution in [3.05, 3.63) is 342 Å². The van der Waals surface area contributed by atoms with E-state index >= 15 is 0 Å². The highest BCUT2D eigenvalue weighted by atomic mass is 15.1. The van der Waals surface area contributed by atoms with Crippen LogP contribution in [0.15, 0.2) is 297 Å². The largest absolute Gasteiger partial charge is 0.310 e. The Bertz CT molecular complexity index is 3930. The zero-order chi connectivity index (χ0) is 48.3. The van der Waals surface area contributed by atoms with Crippen LogP contribution in [0, 0.1) is 0 Å². The molecule has 0 atom stereocenters. The van der Waals surface area contributed by atoms with E-state index in [-0.39, 0.29) is 0 Å². The summed E-state index contributed by atoms with van der Waals surface area (Å²) >= 11 is 0. The van der Waals surface area contributed by atoms with E-state index in [1.54, 1.807) is 0 Å². The van der Waals surface area contributed by atoms with Gasteiger partial charge in [0, 0.05) is 16.9 Å². The van der Waals surface area contributed by atoms with Crippen LogP contribution in [-0.2, 0) is 10.8 Å². The minimum atomic E-state index is -0.578. The molecule has 14 rings (SSSR count). The molecule has 0 radical (unpaired) electrons. The highest BCUT2D eigenvalue weighted by Gasteiger charge is 2.48. The predicted octanol–water partition coefficient (Wildman–Crippen LogP) is 18.4. The number of hydrogen-bond acceptors (Lipinski definition) is 1. The molecule has 0 amide bonds. The van der Waals surface area contributed by atoms with Gasteiger partial charge in [0.2, 0.25) is 0 Å². The van der Waals surface area contributed by atoms with Crippen LogP contribution in [0.4, 0.5) is 17.1 Å². The smallest absolute Gasteiger partial charge is 0.0714 e. The quantitative estimate of drug-likeness (QED) is 0.139. The second kappa shape index (κ2) is 17.2. The highest BCUT2D eigenvalue weighted by molar-refractivity contribution is 6.09. The van der Waals surface area contributed by atoms with Gasteiger partial charge in [-0.05, 0) is 125 Å². The first-order valence-corrected chi connectivity index (χ1v) is 25.4. The molecule has 0 fully saturated rings. The normalized spacial score (nSPS) is 13.4. The number of anilines is 3. The van der Waals surface area contributed by atoms with Gasteiger partial charge < -0.3 is 4.90 Å². The lowest BCUT2D eigenvalue weighted by Gasteiger charge is -2.36. The molecule has 0 spiro atoms. The molecular weight excluding hydrogens is 879 g/mol. The Hall–Kier alpha value is -9.30. The molecular formula is C72H49N. The van der Waals surface area contributed by atoms with Crippen molar-refractivity contribution in [1.29, 1.82) is 0 Å². The number of nitrogens with zero attached hydrogens (tertiary/aromatic N) is 1. The third kappa shape index (κ3) is 6.42. The molecule has 0 saturated heterocycles. The second-order valence-corrected chi connectivity index (χ2v) is 19.4. The van der Waals surface area contributed by atoms with E-state index in [4.69, 9.17) is 0 Å². The Morgan fingerprint density at radius 3 is 1.19 bits per heavy atom. The van der Waals surface area contributed by atoms with E-state index in [0.717, 1.165) is 22.6 Å². The van der Waals surface area contributed by atoms with Crippen LogP contribution in [0.25, 0.3) is 55.3 Å². The maximum atomic E-state index is 2.54. The lowest BCUT2D eigenvalue weighted by Crippen LogP contribution is -2.29. The summed E-state index contributed by atoms with van der Waals surface area (Å²) in [7, 11) is 0. The van der Waals surface area contributed by atoms with E-state index < -0.39 is 10.8 Å². The van der Waals surface area contributed by atoms with Crippen molar-refractivity contribution in [2.45, 2.75) is 10.8 Å². The third-order valence-corrected chi connectivity index (χ3v) is 15.8. The highest BCUT2D eigenvalue weighted by Crippen LogP contribution is 2.59. The topological polar surface area (TPSA) is 3.24 Å². The number of para-hydroxylation sites is 1. The van der Waals surface area contributed by atoms with Crippen molar-refractivity contribution in [2.24, 2.45) is 0 Å². The molecule has 0 unspecified atom stereocenters. The summed E-state index contributed by atoms with van der Waals surface area (Å²) in [6.07, 6.45) is 0. The fraction of sp³-hybridized carbons (Fsp3) is 0.0278. The van der Waals surface area contributed by atoms with Crippen LogP contribution in [0.1, 0.15) is 44.5 Å². The number of rotatable bonds is 9. The molecule has 2 aliphatic carbocycles. The number of benzene rings is 12. The summed E-state index contributed by atoms with van der Waals surface area (Å²) in [6.45, 7) is 0. The van der Waals surface area contributed by atoms with Crippen molar-refractivity contribution < 1.29 is 0 Å². The van der Waals surface area contributed by atoms with E-state index in [9.17, 15) is 0 Å². The zero-order valence-electron chi connectivity index (χ0n) is 40.2. The minimum absolute atomic E-state index is 0.577. The second-order valence-electron chi connectivity index (χ2n) is 19.4. The average molecular weight is 928 g/mol. The van der Waals surface area contributed by atoms with Crippen molar-refractivity contribution in [1.82, 2.24) is 0 Å². The van der Waals surface area contributed by atoms with Crippen molar-refractivity contribution in [2.75, 3.05) is 4.90 Å². The SMILES string of the molecule is c1ccc(-c2cccc3cccc(-c4ccccc4N(c4cccc(C5(c6ccccc6)c6ccccc6-c6ccccc65)c4)c4ccc5c(c4)C(c4ccccc4)(c4ccccc4)c4ccccc4-5)c23)cc1. The maximum Gasteiger partial charge on any atom is 0.0714 e. The summed E-state index contributed by atoms with van der Waals surface area (Å²) in [6, 6.07) is 111. The van der Waals surface area contributed by atoms with Crippen LogP contribution in [0.5, 0.6) is 0 Å². The van der Waals surface area contributed by atoms with E-state index in [0.29, 0.717) is 0 Å². The van der Waals surface area contributed by atoms with Crippen LogP contribution in [0.2, 0.25) is 0 Å². The van der Waals surface area contributed by atoms with E-state index in [1.165, 1.54) is 94.2 Å². The molecule has 342 valence electrons. The molecule has 73 heavy (non-hydrogen) atoms. The van der Waals surface area contributed by atoms with Gasteiger partial charge >= 0.3 is 0 Å². The Kier molecular flexibility index (Phi) is 10.0. The first kappa shape index (κ1) is 42.6. The zero-order valence-corrected chi connectivity index (χ0v) is 40.2. The van der Waals surface area contributed by atoms with Crippen molar-refractivity contribution in [3.8, 4) is 44.5 Å². The summed E-state index contributed by atoms with van der Waals surface area (Å²) in [4.78, 5) is 2.54. The molecule has 0 heterocycles. The van der Waals surface area contributed by atoms with Gasteiger partial charge in [-0.3, -0.25) is 0 Å². The minimum Gasteiger partial charge on any atom is -0.310 e. The summed E-state index contributed by atoms with van der Waals surface area (Å²) < 4.78 is 0. The van der Waals surface area contributed by atoms with Gasteiger partial charge in [-0.25, -0.2) is 0 Å². The molecule has 0 saturated carbocycles. The fourth-order valence-corrected chi connectivity index (χ4v) is 12.9. The van der Waals surface area contributed by atoms with Gasteiger partial charge in [0.25, 0.3) is 0 Å². The standard InChI is InChI=1S/C72H49N/c1-5-24-50(25-6-1)58-40-21-26-51-27-22-41-64(70(51)58)63-39-16-20-45-69(63)73(56-35-23-34-55(48-56)72(54-32-11-4-12-33-54)66-43-18-13-36-59(66)60-37-14-19-44-67(60)72)57-46-47-62-61-38-15-17-42-65(61)71(68(62)49-57,52-28-7-2-8-29-52)53-30-9-3-10-31-53/h1-49H. The summed E-state index contributed by atoms with van der Waals surface area (Å²) in [5.74, 6) is 0. The fourth-order valence-electron chi connectivity index (χ4n) is 12.9. The Morgan fingerprint density at radius 1 is 0.233 bits per heavy atom. The maximum absolute atomic E-state index is 2.54. The van der Waals surface area contributed by atoms with Crippen molar-refractivity contribution >= 4 is 27.8 Å². The molecule has 0 aromatic heterocycles. The molecule has 1 nitrogen and oxygen atoms in total. The third-order valence-electron chi connectivity index (χ3n) is 15.8. The molecule has 12 aromatic carbocycles. The van der Waals surface area contributed by atoms with Gasteiger partial charge in [-0.1, -0.05) is 267 Å². The molecule has 12 aromatic rings. The molecule has 0 aliphatic heterocycles. The predicted molar refractivity (Wildman–Crippen MR) is 304 cm³/mol. The van der Waals surface area contributed by atoms with Crippen molar-refractivity contribution in [3.63, 3.8) is 0 Å². The van der Waals surface area contributed by atoms with Gasteiger partial charge in [-0.2, -0.15) is 0 Å². The van der Waals surface area contributed by atoms with Gasteiger partial charge in [0.15, 0.2) is 0 Å². The lowest BCUT2D eigenvalue weighted by atomic mass is 9.67. The first-order valence-electron chi connectivity index (χ1n) is 25.4. The number of fused-ring (bicyclic) bond motifs is 7. The lowest BCUT2D eigenvalue weighted by molar-refractivity contribution is 0.767. The van der Waals surface area contributed by atoms with Crippen LogP contribution in [0.3, 0.4) is 0 Å². The van der Waals surface area contributed by atoms with E-state index in [1.807, 2.05) is 0 Å². The number of hydrogen-bond donors (Lipinski definition) is 0.